The van der Waals surface area contributed by atoms with E-state index in [0.717, 1.165) is 11.5 Å². The smallest absolute Gasteiger partial charge is 0.116 e. The van der Waals surface area contributed by atoms with Crippen LogP contribution in [0.15, 0.2) is 16.7 Å². The molecule has 0 bridgehead atoms. The Morgan fingerprint density at radius 2 is 2.27 bits per heavy atom. The predicted octanol–water partition coefficient (Wildman–Crippen LogP) is 3.09. The average molecular weight is 225 g/mol. The summed E-state index contributed by atoms with van der Waals surface area (Å²) in [7, 11) is 0. The molecule has 2 rings (SSSR count). The van der Waals surface area contributed by atoms with Gasteiger partial charge in [-0.1, -0.05) is 12.8 Å². The van der Waals surface area contributed by atoms with Crippen LogP contribution in [0.25, 0.3) is 0 Å². The highest BCUT2D eigenvalue weighted by molar-refractivity contribution is 7.99. The second-order valence-corrected chi connectivity index (χ2v) is 5.55. The molecule has 1 saturated carbocycles. The largest absolute Gasteiger partial charge is 0.468 e. The van der Waals surface area contributed by atoms with Gasteiger partial charge < -0.3 is 10.2 Å². The zero-order valence-corrected chi connectivity index (χ0v) is 10.1. The van der Waals surface area contributed by atoms with Crippen molar-refractivity contribution in [2.45, 2.75) is 49.7 Å². The van der Waals surface area contributed by atoms with Gasteiger partial charge in [0.1, 0.15) is 5.76 Å². The lowest BCUT2D eigenvalue weighted by atomic mass is 9.96. The summed E-state index contributed by atoms with van der Waals surface area (Å²) in [5.41, 5.74) is 7.36. The number of furan rings is 1. The van der Waals surface area contributed by atoms with Crippen LogP contribution in [0.1, 0.15) is 37.0 Å². The van der Waals surface area contributed by atoms with E-state index in [1.807, 2.05) is 17.8 Å². The third-order valence-electron chi connectivity index (χ3n) is 3.15. The Balaban J connectivity index is 1.84. The molecule has 3 heteroatoms. The van der Waals surface area contributed by atoms with Crippen molar-refractivity contribution in [3.8, 4) is 0 Å². The maximum Gasteiger partial charge on any atom is 0.116 e. The van der Waals surface area contributed by atoms with Crippen LogP contribution in [0.3, 0.4) is 0 Å². The molecule has 15 heavy (non-hydrogen) atoms. The molecule has 0 aliphatic heterocycles. The quantitative estimate of drug-likeness (QED) is 0.859. The van der Waals surface area contributed by atoms with Gasteiger partial charge >= 0.3 is 0 Å². The first-order valence-corrected chi connectivity index (χ1v) is 6.72. The number of rotatable bonds is 3. The molecule has 2 unspecified atom stereocenters. The van der Waals surface area contributed by atoms with Gasteiger partial charge in [-0.25, -0.2) is 0 Å². The van der Waals surface area contributed by atoms with Crippen molar-refractivity contribution < 1.29 is 4.42 Å². The topological polar surface area (TPSA) is 39.2 Å². The van der Waals surface area contributed by atoms with E-state index in [-0.39, 0.29) is 0 Å². The molecule has 1 aliphatic carbocycles. The zero-order valence-electron chi connectivity index (χ0n) is 9.24. The summed E-state index contributed by atoms with van der Waals surface area (Å²) in [6.07, 6.45) is 6.87. The second-order valence-electron chi connectivity index (χ2n) is 4.32. The third-order valence-corrected chi connectivity index (χ3v) is 4.59. The van der Waals surface area contributed by atoms with Crippen LogP contribution in [-0.4, -0.2) is 11.3 Å². The molecular formula is C12H19NOS. The molecule has 0 spiro atoms. The van der Waals surface area contributed by atoms with Crippen molar-refractivity contribution in [2.24, 2.45) is 5.73 Å². The Morgan fingerprint density at radius 1 is 1.47 bits per heavy atom. The highest BCUT2D eigenvalue weighted by Gasteiger charge is 2.22. The molecule has 0 amide bonds. The van der Waals surface area contributed by atoms with E-state index in [4.69, 9.17) is 10.2 Å². The van der Waals surface area contributed by atoms with Crippen LogP contribution in [0.2, 0.25) is 0 Å². The zero-order chi connectivity index (χ0) is 10.7. The molecule has 1 fully saturated rings. The van der Waals surface area contributed by atoms with Gasteiger partial charge in [0.2, 0.25) is 0 Å². The number of nitrogens with two attached hydrogens (primary N) is 1. The van der Waals surface area contributed by atoms with Crippen molar-refractivity contribution in [3.05, 3.63) is 23.7 Å². The average Bonchev–Trinajstić information content (AvgIpc) is 2.63. The molecular weight excluding hydrogens is 206 g/mol. The lowest BCUT2D eigenvalue weighted by Crippen LogP contribution is -2.35. The molecule has 1 aromatic heterocycles. The first-order chi connectivity index (χ1) is 7.27. The van der Waals surface area contributed by atoms with E-state index in [0.29, 0.717) is 11.3 Å². The van der Waals surface area contributed by atoms with Crippen LogP contribution in [0.5, 0.6) is 0 Å². The number of aryl methyl sites for hydroxylation is 1. The monoisotopic (exact) mass is 225 g/mol. The van der Waals surface area contributed by atoms with E-state index in [1.54, 1.807) is 6.26 Å². The summed E-state index contributed by atoms with van der Waals surface area (Å²) < 4.78 is 5.43. The minimum Gasteiger partial charge on any atom is -0.468 e. The van der Waals surface area contributed by atoms with Gasteiger partial charge in [0, 0.05) is 11.3 Å². The van der Waals surface area contributed by atoms with E-state index in [9.17, 15) is 0 Å². The SMILES string of the molecule is Cc1ccoc1CSC1CCCCC1N. The molecule has 0 radical (unpaired) electrons. The van der Waals surface area contributed by atoms with E-state index >= 15 is 0 Å². The van der Waals surface area contributed by atoms with Crippen molar-refractivity contribution in [2.75, 3.05) is 0 Å². The van der Waals surface area contributed by atoms with Gasteiger partial charge in [0.25, 0.3) is 0 Å². The predicted molar refractivity (Wildman–Crippen MR) is 65.0 cm³/mol. The normalized spacial score (nSPS) is 26.8. The second kappa shape index (κ2) is 5.08. The van der Waals surface area contributed by atoms with Gasteiger partial charge in [-0.2, -0.15) is 0 Å². The molecule has 1 heterocycles. The molecule has 2 atom stereocenters. The molecule has 84 valence electrons. The van der Waals surface area contributed by atoms with Gasteiger partial charge in [-0.05, 0) is 31.4 Å². The van der Waals surface area contributed by atoms with Crippen molar-refractivity contribution in [3.63, 3.8) is 0 Å². The van der Waals surface area contributed by atoms with Gasteiger partial charge in [0.05, 0.1) is 12.0 Å². The summed E-state index contributed by atoms with van der Waals surface area (Å²) in [5.74, 6) is 2.08. The molecule has 0 aromatic carbocycles. The summed E-state index contributed by atoms with van der Waals surface area (Å²) in [4.78, 5) is 0. The van der Waals surface area contributed by atoms with E-state index in [2.05, 4.69) is 6.92 Å². The fraction of sp³-hybridized carbons (Fsp3) is 0.667. The Bertz CT molecular complexity index is 310. The highest BCUT2D eigenvalue weighted by Crippen LogP contribution is 2.30. The maximum absolute atomic E-state index is 6.11. The Kier molecular flexibility index (Phi) is 3.76. The van der Waals surface area contributed by atoms with Gasteiger partial charge in [-0.3, -0.25) is 0 Å². The first-order valence-electron chi connectivity index (χ1n) is 5.67. The summed E-state index contributed by atoms with van der Waals surface area (Å²) in [6.45, 7) is 2.10. The summed E-state index contributed by atoms with van der Waals surface area (Å²) >= 11 is 1.96. The Labute approximate surface area is 95.6 Å². The van der Waals surface area contributed by atoms with Crippen LogP contribution in [-0.2, 0) is 5.75 Å². The van der Waals surface area contributed by atoms with Crippen LogP contribution < -0.4 is 5.73 Å². The minimum absolute atomic E-state index is 0.388. The van der Waals surface area contributed by atoms with Crippen molar-refractivity contribution in [1.29, 1.82) is 0 Å². The molecule has 0 saturated heterocycles. The number of thioether (sulfide) groups is 1. The standard InChI is InChI=1S/C12H19NOS/c1-9-6-7-14-11(9)8-15-12-5-3-2-4-10(12)13/h6-7,10,12H,2-5,8,13H2,1H3. The third kappa shape index (κ3) is 2.79. The number of hydrogen-bond acceptors (Lipinski definition) is 3. The Morgan fingerprint density at radius 3 is 2.93 bits per heavy atom. The lowest BCUT2D eigenvalue weighted by Gasteiger charge is -2.27. The van der Waals surface area contributed by atoms with Crippen molar-refractivity contribution >= 4 is 11.8 Å². The maximum atomic E-state index is 6.11. The molecule has 1 aliphatic rings. The van der Waals surface area contributed by atoms with E-state index < -0.39 is 0 Å². The summed E-state index contributed by atoms with van der Waals surface area (Å²) in [5, 5.41) is 0.628. The summed E-state index contributed by atoms with van der Waals surface area (Å²) in [6, 6.07) is 2.41. The molecule has 2 N–H and O–H groups in total. The van der Waals surface area contributed by atoms with Gasteiger partial charge in [0.15, 0.2) is 0 Å². The van der Waals surface area contributed by atoms with Crippen LogP contribution >= 0.6 is 11.8 Å². The Hall–Kier alpha value is -0.410. The first kappa shape index (κ1) is 11.1. The van der Waals surface area contributed by atoms with Crippen molar-refractivity contribution in [1.82, 2.24) is 0 Å². The fourth-order valence-corrected chi connectivity index (χ4v) is 3.44. The van der Waals surface area contributed by atoms with Crippen LogP contribution in [0, 0.1) is 6.92 Å². The number of hydrogen-bond donors (Lipinski definition) is 1. The minimum atomic E-state index is 0.388. The van der Waals surface area contributed by atoms with E-state index in [1.165, 1.54) is 31.2 Å². The van der Waals surface area contributed by atoms with Gasteiger partial charge in [-0.15, -0.1) is 11.8 Å². The lowest BCUT2D eigenvalue weighted by molar-refractivity contribution is 0.452. The molecule has 2 nitrogen and oxygen atoms in total. The molecule has 1 aromatic rings. The highest BCUT2D eigenvalue weighted by atomic mass is 32.2. The fourth-order valence-electron chi connectivity index (χ4n) is 2.07. The van der Waals surface area contributed by atoms with Crippen LogP contribution in [0.4, 0.5) is 0 Å².